The highest BCUT2D eigenvalue weighted by Gasteiger charge is 2.11. The van der Waals surface area contributed by atoms with E-state index in [4.69, 9.17) is 14.2 Å². The lowest BCUT2D eigenvalue weighted by molar-refractivity contribution is 0.0807. The minimum absolute atomic E-state index is 0.274. The standard InChI is InChI=1S/C16H26BrNO3/c1-5-7-21-16-14(17)9-13(10-15(16)19-4)11-18-6-8-20-12(2)3/h9-10,12,18H,5-8,11H2,1-4H3. The minimum Gasteiger partial charge on any atom is -0.493 e. The van der Waals surface area contributed by atoms with Crippen LogP contribution in [0.15, 0.2) is 16.6 Å². The highest BCUT2D eigenvalue weighted by Crippen LogP contribution is 2.36. The van der Waals surface area contributed by atoms with Crippen molar-refractivity contribution in [3.8, 4) is 11.5 Å². The van der Waals surface area contributed by atoms with Crippen LogP contribution in [0.4, 0.5) is 0 Å². The summed E-state index contributed by atoms with van der Waals surface area (Å²) in [5, 5.41) is 3.36. The molecule has 0 aliphatic heterocycles. The summed E-state index contributed by atoms with van der Waals surface area (Å²) in [6, 6.07) is 4.07. The second-order valence-electron chi connectivity index (χ2n) is 5.05. The zero-order valence-electron chi connectivity index (χ0n) is 13.4. The largest absolute Gasteiger partial charge is 0.493 e. The molecule has 1 aromatic carbocycles. The Labute approximate surface area is 136 Å². The summed E-state index contributed by atoms with van der Waals surface area (Å²) in [7, 11) is 1.66. The van der Waals surface area contributed by atoms with Gasteiger partial charge in [0, 0.05) is 13.1 Å². The summed E-state index contributed by atoms with van der Waals surface area (Å²) >= 11 is 3.55. The zero-order chi connectivity index (χ0) is 15.7. The molecule has 0 atom stereocenters. The van der Waals surface area contributed by atoms with E-state index in [2.05, 4.69) is 34.2 Å². The van der Waals surface area contributed by atoms with Gasteiger partial charge in [-0.15, -0.1) is 0 Å². The Hall–Kier alpha value is -0.780. The lowest BCUT2D eigenvalue weighted by atomic mass is 10.2. The number of hydrogen-bond donors (Lipinski definition) is 1. The van der Waals surface area contributed by atoms with Crippen LogP contribution < -0.4 is 14.8 Å². The van der Waals surface area contributed by atoms with E-state index in [1.807, 2.05) is 19.9 Å². The SMILES string of the molecule is CCCOc1c(Br)cc(CNCCOC(C)C)cc1OC. The molecule has 1 aromatic rings. The van der Waals surface area contributed by atoms with Gasteiger partial charge in [-0.3, -0.25) is 0 Å². The molecule has 0 saturated heterocycles. The third kappa shape index (κ3) is 6.68. The Bertz CT molecular complexity index is 424. The van der Waals surface area contributed by atoms with E-state index in [0.29, 0.717) is 13.2 Å². The van der Waals surface area contributed by atoms with E-state index < -0.39 is 0 Å². The van der Waals surface area contributed by atoms with Crippen molar-refractivity contribution >= 4 is 15.9 Å². The number of halogens is 1. The molecule has 0 radical (unpaired) electrons. The Kier molecular flexibility index (Phi) is 8.73. The molecule has 0 aliphatic rings. The van der Waals surface area contributed by atoms with Crippen molar-refractivity contribution in [2.75, 3.05) is 26.9 Å². The van der Waals surface area contributed by atoms with Crippen molar-refractivity contribution < 1.29 is 14.2 Å². The van der Waals surface area contributed by atoms with Crippen LogP contribution in [0, 0.1) is 0 Å². The number of rotatable bonds is 10. The maximum Gasteiger partial charge on any atom is 0.175 e. The molecule has 0 amide bonds. The maximum atomic E-state index is 5.72. The molecule has 0 aliphatic carbocycles. The molecule has 0 spiro atoms. The van der Waals surface area contributed by atoms with Gasteiger partial charge >= 0.3 is 0 Å². The third-order valence-electron chi connectivity index (χ3n) is 2.80. The molecule has 1 N–H and O–H groups in total. The van der Waals surface area contributed by atoms with E-state index in [0.717, 1.165) is 41.0 Å². The smallest absolute Gasteiger partial charge is 0.175 e. The number of methoxy groups -OCH3 is 1. The van der Waals surface area contributed by atoms with Gasteiger partial charge in [0.15, 0.2) is 11.5 Å². The molecule has 0 heterocycles. The van der Waals surface area contributed by atoms with E-state index >= 15 is 0 Å². The quantitative estimate of drug-likeness (QED) is 0.645. The lowest BCUT2D eigenvalue weighted by Crippen LogP contribution is -2.21. The van der Waals surface area contributed by atoms with Gasteiger partial charge in [0.2, 0.25) is 0 Å². The summed E-state index contributed by atoms with van der Waals surface area (Å²) in [4.78, 5) is 0. The van der Waals surface area contributed by atoms with E-state index in [-0.39, 0.29) is 6.10 Å². The Morgan fingerprint density at radius 2 is 2.00 bits per heavy atom. The molecule has 0 fully saturated rings. The van der Waals surface area contributed by atoms with Gasteiger partial charge in [-0.1, -0.05) is 6.92 Å². The van der Waals surface area contributed by atoms with Gasteiger partial charge in [0.05, 0.1) is 30.9 Å². The molecule has 4 nitrogen and oxygen atoms in total. The van der Waals surface area contributed by atoms with Crippen molar-refractivity contribution in [3.05, 3.63) is 22.2 Å². The number of benzene rings is 1. The number of ether oxygens (including phenoxy) is 3. The molecule has 0 bridgehead atoms. The fraction of sp³-hybridized carbons (Fsp3) is 0.625. The van der Waals surface area contributed by atoms with Crippen molar-refractivity contribution in [3.63, 3.8) is 0 Å². The van der Waals surface area contributed by atoms with Crippen molar-refractivity contribution in [1.82, 2.24) is 5.32 Å². The molecule has 21 heavy (non-hydrogen) atoms. The first-order chi connectivity index (χ1) is 10.1. The first kappa shape index (κ1) is 18.3. The number of nitrogens with one attached hydrogen (secondary N) is 1. The highest BCUT2D eigenvalue weighted by molar-refractivity contribution is 9.10. The van der Waals surface area contributed by atoms with E-state index in [1.165, 1.54) is 0 Å². The van der Waals surface area contributed by atoms with Crippen LogP contribution in [-0.2, 0) is 11.3 Å². The first-order valence-electron chi connectivity index (χ1n) is 7.40. The fourth-order valence-corrected chi connectivity index (χ4v) is 2.42. The monoisotopic (exact) mass is 359 g/mol. The summed E-state index contributed by atoms with van der Waals surface area (Å²) in [6.07, 6.45) is 1.24. The van der Waals surface area contributed by atoms with E-state index in [9.17, 15) is 0 Å². The van der Waals surface area contributed by atoms with Crippen molar-refractivity contribution in [1.29, 1.82) is 0 Å². The molecular weight excluding hydrogens is 334 g/mol. The highest BCUT2D eigenvalue weighted by atomic mass is 79.9. The average Bonchev–Trinajstić information content (AvgIpc) is 2.45. The van der Waals surface area contributed by atoms with Gasteiger partial charge in [-0.2, -0.15) is 0 Å². The summed E-state index contributed by atoms with van der Waals surface area (Å²) in [5.74, 6) is 1.53. The van der Waals surface area contributed by atoms with Gasteiger partial charge in [-0.05, 0) is 53.9 Å². The van der Waals surface area contributed by atoms with Crippen molar-refractivity contribution in [2.45, 2.75) is 39.8 Å². The lowest BCUT2D eigenvalue weighted by Gasteiger charge is -2.14. The van der Waals surface area contributed by atoms with Crippen LogP contribution in [0.5, 0.6) is 11.5 Å². The fourth-order valence-electron chi connectivity index (χ4n) is 1.82. The molecule has 1 rings (SSSR count). The van der Waals surface area contributed by atoms with Crippen LogP contribution in [0.1, 0.15) is 32.8 Å². The predicted molar refractivity (Wildman–Crippen MR) is 89.3 cm³/mol. The van der Waals surface area contributed by atoms with Crippen LogP contribution in [0.2, 0.25) is 0 Å². The van der Waals surface area contributed by atoms with Gasteiger partial charge < -0.3 is 19.5 Å². The second kappa shape index (κ2) is 10.0. The topological polar surface area (TPSA) is 39.7 Å². The molecular formula is C16H26BrNO3. The van der Waals surface area contributed by atoms with Crippen LogP contribution in [0.25, 0.3) is 0 Å². The van der Waals surface area contributed by atoms with Gasteiger partial charge in [0.25, 0.3) is 0 Å². The molecule has 0 unspecified atom stereocenters. The summed E-state index contributed by atoms with van der Waals surface area (Å²) < 4.78 is 17.6. The van der Waals surface area contributed by atoms with Gasteiger partial charge in [0.1, 0.15) is 0 Å². The molecule has 5 heteroatoms. The first-order valence-corrected chi connectivity index (χ1v) is 8.19. The minimum atomic E-state index is 0.274. The van der Waals surface area contributed by atoms with E-state index in [1.54, 1.807) is 7.11 Å². The molecule has 0 aromatic heterocycles. The summed E-state index contributed by atoms with van der Waals surface area (Å²) in [5.41, 5.74) is 1.15. The Morgan fingerprint density at radius 3 is 2.62 bits per heavy atom. The number of hydrogen-bond acceptors (Lipinski definition) is 4. The Morgan fingerprint density at radius 1 is 1.24 bits per heavy atom. The second-order valence-corrected chi connectivity index (χ2v) is 5.91. The molecule has 120 valence electrons. The molecule has 0 saturated carbocycles. The predicted octanol–water partition coefficient (Wildman–Crippen LogP) is 3.76. The van der Waals surface area contributed by atoms with Crippen LogP contribution in [0.3, 0.4) is 0 Å². The normalized spacial score (nSPS) is 11.0. The average molecular weight is 360 g/mol. The summed E-state index contributed by atoms with van der Waals surface area (Å²) in [6.45, 7) is 9.15. The van der Waals surface area contributed by atoms with Crippen LogP contribution >= 0.6 is 15.9 Å². The van der Waals surface area contributed by atoms with Gasteiger partial charge in [-0.25, -0.2) is 0 Å². The zero-order valence-corrected chi connectivity index (χ0v) is 15.0. The van der Waals surface area contributed by atoms with Crippen LogP contribution in [-0.4, -0.2) is 33.0 Å². The van der Waals surface area contributed by atoms with Crippen molar-refractivity contribution in [2.24, 2.45) is 0 Å². The third-order valence-corrected chi connectivity index (χ3v) is 3.39. The Balaban J connectivity index is 2.57. The maximum absolute atomic E-state index is 5.72.